The van der Waals surface area contributed by atoms with Crippen molar-refractivity contribution in [3.8, 4) is 11.4 Å². The summed E-state index contributed by atoms with van der Waals surface area (Å²) in [5.41, 5.74) is -0.362. The van der Waals surface area contributed by atoms with Gasteiger partial charge in [0, 0.05) is 28.3 Å². The maximum Gasteiger partial charge on any atom is 0.434 e. The van der Waals surface area contributed by atoms with Gasteiger partial charge in [-0.1, -0.05) is 11.6 Å². The molecule has 7 heteroatoms. The molecule has 2 rings (SSSR count). The largest absolute Gasteiger partial charge is 0.434 e. The number of halogens is 5. The number of aryl methyl sites for hydroxylation is 1. The smallest absolute Gasteiger partial charge is 0.333 e. The molecule has 0 radical (unpaired) electrons. The van der Waals surface area contributed by atoms with Crippen LogP contribution in [0.5, 0.6) is 0 Å². The van der Waals surface area contributed by atoms with E-state index in [1.807, 2.05) is 0 Å². The first-order valence-corrected chi connectivity index (χ1v) is 6.02. The Hall–Kier alpha value is -1.01. The van der Waals surface area contributed by atoms with E-state index in [4.69, 9.17) is 11.6 Å². The van der Waals surface area contributed by atoms with Gasteiger partial charge in [0.1, 0.15) is 5.82 Å². The molecule has 18 heavy (non-hydrogen) atoms. The van der Waals surface area contributed by atoms with Crippen molar-refractivity contribution in [1.82, 2.24) is 9.55 Å². The fourth-order valence-corrected chi connectivity index (χ4v) is 2.38. The maximum atomic E-state index is 12.6. The third-order valence-electron chi connectivity index (χ3n) is 2.34. The zero-order valence-electron chi connectivity index (χ0n) is 9.09. The molecule has 0 atom stereocenters. The van der Waals surface area contributed by atoms with Gasteiger partial charge in [0.05, 0.1) is 0 Å². The van der Waals surface area contributed by atoms with Gasteiger partial charge in [-0.15, -0.1) is 0 Å². The van der Waals surface area contributed by atoms with Gasteiger partial charge in [-0.25, -0.2) is 4.98 Å². The van der Waals surface area contributed by atoms with Crippen LogP contribution in [0.15, 0.2) is 28.9 Å². The molecular weight excluding hydrogens is 332 g/mol. The van der Waals surface area contributed by atoms with Crippen molar-refractivity contribution in [2.45, 2.75) is 6.18 Å². The second kappa shape index (κ2) is 4.59. The number of hydrogen-bond acceptors (Lipinski definition) is 1. The Bertz CT molecular complexity index is 592. The van der Waals surface area contributed by atoms with Gasteiger partial charge in [-0.05, 0) is 34.1 Å². The molecule has 1 aromatic heterocycles. The monoisotopic (exact) mass is 338 g/mol. The van der Waals surface area contributed by atoms with Crippen LogP contribution >= 0.6 is 27.5 Å². The minimum atomic E-state index is -4.45. The Morgan fingerprint density at radius 1 is 1.33 bits per heavy atom. The van der Waals surface area contributed by atoms with E-state index in [0.29, 0.717) is 15.1 Å². The van der Waals surface area contributed by atoms with Crippen molar-refractivity contribution in [3.63, 3.8) is 0 Å². The summed E-state index contributed by atoms with van der Waals surface area (Å²) in [6.45, 7) is 0. The van der Waals surface area contributed by atoms with Crippen LogP contribution < -0.4 is 0 Å². The highest BCUT2D eigenvalue weighted by molar-refractivity contribution is 9.10. The number of imidazole rings is 1. The average molecular weight is 340 g/mol. The summed E-state index contributed by atoms with van der Waals surface area (Å²) in [6.07, 6.45) is -3.49. The van der Waals surface area contributed by atoms with Crippen LogP contribution in [0.1, 0.15) is 5.69 Å². The van der Waals surface area contributed by atoms with E-state index in [2.05, 4.69) is 20.9 Å². The summed E-state index contributed by atoms with van der Waals surface area (Å²) >= 11 is 9.04. The molecule has 0 amide bonds. The Morgan fingerprint density at radius 3 is 2.50 bits per heavy atom. The first-order chi connectivity index (χ1) is 8.29. The van der Waals surface area contributed by atoms with Gasteiger partial charge < -0.3 is 4.57 Å². The van der Waals surface area contributed by atoms with E-state index in [0.717, 1.165) is 6.20 Å². The lowest BCUT2D eigenvalue weighted by molar-refractivity contribution is -0.140. The lowest BCUT2D eigenvalue weighted by Crippen LogP contribution is -2.04. The Morgan fingerprint density at radius 2 is 2.00 bits per heavy atom. The molecule has 0 saturated carbocycles. The number of alkyl halides is 3. The van der Waals surface area contributed by atoms with Crippen molar-refractivity contribution in [2.75, 3.05) is 0 Å². The molecule has 0 saturated heterocycles. The van der Waals surface area contributed by atoms with Gasteiger partial charge >= 0.3 is 6.18 Å². The Balaban J connectivity index is 2.55. The molecule has 2 nitrogen and oxygen atoms in total. The second-order valence-corrected chi connectivity index (χ2v) is 4.97. The predicted molar refractivity (Wildman–Crippen MR) is 66.4 cm³/mol. The predicted octanol–water partition coefficient (Wildman–Crippen LogP) is 4.52. The molecule has 0 aliphatic rings. The molecule has 0 fully saturated rings. The standard InChI is InChI=1S/C11H7BrClF3N2/c1-18-5-9(11(14,15)16)17-10(18)7-3-2-6(13)4-8(7)12/h2-5H,1H3. The minimum Gasteiger partial charge on any atom is -0.333 e. The topological polar surface area (TPSA) is 17.8 Å². The van der Waals surface area contributed by atoms with Crippen LogP contribution in [0.2, 0.25) is 5.02 Å². The summed E-state index contributed by atoms with van der Waals surface area (Å²) in [7, 11) is 1.51. The second-order valence-electron chi connectivity index (χ2n) is 3.68. The van der Waals surface area contributed by atoms with Crippen LogP contribution in [0.4, 0.5) is 13.2 Å². The number of benzene rings is 1. The van der Waals surface area contributed by atoms with Gasteiger partial charge in [-0.3, -0.25) is 0 Å². The van der Waals surface area contributed by atoms with E-state index >= 15 is 0 Å². The van der Waals surface area contributed by atoms with Crippen LogP contribution in [-0.2, 0) is 13.2 Å². The SMILES string of the molecule is Cn1cc(C(F)(F)F)nc1-c1ccc(Cl)cc1Br. The van der Waals surface area contributed by atoms with Crippen LogP contribution in [0, 0.1) is 0 Å². The maximum absolute atomic E-state index is 12.6. The van der Waals surface area contributed by atoms with E-state index < -0.39 is 11.9 Å². The van der Waals surface area contributed by atoms with Crippen molar-refractivity contribution < 1.29 is 13.2 Å². The zero-order chi connectivity index (χ0) is 13.5. The quantitative estimate of drug-likeness (QED) is 0.747. The zero-order valence-corrected chi connectivity index (χ0v) is 11.4. The van der Waals surface area contributed by atoms with Gasteiger partial charge in [0.15, 0.2) is 5.69 Å². The molecule has 2 aromatic rings. The minimum absolute atomic E-state index is 0.228. The van der Waals surface area contributed by atoms with Crippen molar-refractivity contribution in [3.05, 3.63) is 39.6 Å². The first kappa shape index (κ1) is 13.4. The van der Waals surface area contributed by atoms with Crippen LogP contribution in [0.25, 0.3) is 11.4 Å². The van der Waals surface area contributed by atoms with E-state index in [-0.39, 0.29) is 5.82 Å². The third kappa shape index (κ3) is 2.54. The highest BCUT2D eigenvalue weighted by Gasteiger charge is 2.34. The van der Waals surface area contributed by atoms with Gasteiger partial charge in [0.2, 0.25) is 0 Å². The summed E-state index contributed by atoms with van der Waals surface area (Å²) in [4.78, 5) is 3.61. The van der Waals surface area contributed by atoms with Gasteiger partial charge in [-0.2, -0.15) is 13.2 Å². The van der Waals surface area contributed by atoms with Crippen molar-refractivity contribution in [1.29, 1.82) is 0 Å². The molecule has 0 N–H and O–H groups in total. The molecule has 1 heterocycles. The Labute approximate surface area is 115 Å². The molecule has 96 valence electrons. The number of nitrogens with zero attached hydrogens (tertiary/aromatic N) is 2. The van der Waals surface area contributed by atoms with Crippen LogP contribution in [-0.4, -0.2) is 9.55 Å². The first-order valence-electron chi connectivity index (χ1n) is 4.85. The normalized spacial score (nSPS) is 11.9. The van der Waals surface area contributed by atoms with Crippen molar-refractivity contribution in [2.24, 2.45) is 7.05 Å². The summed E-state index contributed by atoms with van der Waals surface area (Å²) in [5.74, 6) is 0.228. The number of hydrogen-bond donors (Lipinski definition) is 0. The van der Waals surface area contributed by atoms with Crippen LogP contribution in [0.3, 0.4) is 0 Å². The van der Waals surface area contributed by atoms with E-state index in [1.165, 1.54) is 11.6 Å². The number of aromatic nitrogens is 2. The summed E-state index contributed by atoms with van der Waals surface area (Å²) in [5, 5.41) is 0.496. The molecule has 0 aliphatic heterocycles. The molecule has 0 spiro atoms. The van der Waals surface area contributed by atoms with E-state index in [9.17, 15) is 13.2 Å². The molecule has 0 bridgehead atoms. The lowest BCUT2D eigenvalue weighted by atomic mass is 10.2. The fourth-order valence-electron chi connectivity index (χ4n) is 1.52. The average Bonchev–Trinajstić information content (AvgIpc) is 2.60. The molecular formula is C11H7BrClF3N2. The summed E-state index contributed by atoms with van der Waals surface area (Å²) in [6, 6.07) is 4.83. The molecule has 1 aromatic carbocycles. The van der Waals surface area contributed by atoms with Gasteiger partial charge in [0.25, 0.3) is 0 Å². The lowest BCUT2D eigenvalue weighted by Gasteiger charge is -2.04. The highest BCUT2D eigenvalue weighted by Crippen LogP contribution is 2.33. The highest BCUT2D eigenvalue weighted by atomic mass is 79.9. The third-order valence-corrected chi connectivity index (χ3v) is 3.23. The fraction of sp³-hybridized carbons (Fsp3) is 0.182. The Kier molecular flexibility index (Phi) is 3.42. The molecule has 0 aliphatic carbocycles. The number of rotatable bonds is 1. The molecule has 0 unspecified atom stereocenters. The summed E-state index contributed by atoms with van der Waals surface area (Å²) < 4.78 is 39.6. The van der Waals surface area contributed by atoms with Crippen molar-refractivity contribution >= 4 is 27.5 Å². The van der Waals surface area contributed by atoms with E-state index in [1.54, 1.807) is 18.2 Å².